The van der Waals surface area contributed by atoms with Crippen molar-refractivity contribution in [3.8, 4) is 0 Å². The third-order valence-corrected chi connectivity index (χ3v) is 4.25. The Morgan fingerprint density at radius 1 is 1.60 bits per heavy atom. The largest absolute Gasteiger partial charge is 0.457 e. The summed E-state index contributed by atoms with van der Waals surface area (Å²) in [5.74, 6) is 1.23. The van der Waals surface area contributed by atoms with E-state index in [2.05, 4.69) is 52.5 Å². The molecule has 0 aromatic carbocycles. The highest BCUT2D eigenvalue weighted by Crippen LogP contribution is 2.30. The molecule has 84 valence electrons. The van der Waals surface area contributed by atoms with Crippen molar-refractivity contribution < 1.29 is 4.42 Å². The normalized spacial score (nSPS) is 21.8. The molecule has 0 radical (unpaired) electrons. The van der Waals surface area contributed by atoms with E-state index in [9.17, 15) is 0 Å². The van der Waals surface area contributed by atoms with Gasteiger partial charge in [-0.15, -0.1) is 0 Å². The lowest BCUT2D eigenvalue weighted by Crippen LogP contribution is -2.42. The fourth-order valence-electron chi connectivity index (χ4n) is 1.94. The van der Waals surface area contributed by atoms with Crippen LogP contribution in [0.4, 0.5) is 0 Å². The SMILES string of the molecule is CC1(C)CN(Cc2coc(Br)c2)CCS1. The molecule has 1 aliphatic rings. The summed E-state index contributed by atoms with van der Waals surface area (Å²) in [5, 5.41) is 0. The molecule has 15 heavy (non-hydrogen) atoms. The van der Waals surface area contributed by atoms with Crippen LogP contribution in [0.3, 0.4) is 0 Å². The molecule has 4 heteroatoms. The topological polar surface area (TPSA) is 16.4 Å². The Kier molecular flexibility index (Phi) is 3.48. The highest BCUT2D eigenvalue weighted by atomic mass is 79.9. The van der Waals surface area contributed by atoms with Gasteiger partial charge in [-0.3, -0.25) is 4.90 Å². The fraction of sp³-hybridized carbons (Fsp3) is 0.636. The Labute approximate surface area is 104 Å². The molecule has 0 saturated carbocycles. The second kappa shape index (κ2) is 4.52. The summed E-state index contributed by atoms with van der Waals surface area (Å²) < 4.78 is 6.45. The smallest absolute Gasteiger partial charge is 0.169 e. The number of rotatable bonds is 2. The molecule has 0 amide bonds. The van der Waals surface area contributed by atoms with Gasteiger partial charge in [0.05, 0.1) is 6.26 Å². The second-order valence-corrected chi connectivity index (χ2v) is 7.16. The fourth-order valence-corrected chi connectivity index (χ4v) is 3.50. The van der Waals surface area contributed by atoms with Crippen molar-refractivity contribution in [2.75, 3.05) is 18.8 Å². The zero-order chi connectivity index (χ0) is 10.9. The van der Waals surface area contributed by atoms with Gasteiger partial charge in [0.15, 0.2) is 4.67 Å². The molecule has 0 atom stereocenters. The first-order valence-electron chi connectivity index (χ1n) is 5.14. The van der Waals surface area contributed by atoms with Crippen LogP contribution in [0.25, 0.3) is 0 Å². The van der Waals surface area contributed by atoms with Crippen molar-refractivity contribution in [3.63, 3.8) is 0 Å². The predicted molar refractivity (Wildman–Crippen MR) is 68.2 cm³/mol. The maximum absolute atomic E-state index is 5.24. The summed E-state index contributed by atoms with van der Waals surface area (Å²) in [6, 6.07) is 2.05. The Morgan fingerprint density at radius 2 is 2.40 bits per heavy atom. The Bertz CT molecular complexity index is 337. The summed E-state index contributed by atoms with van der Waals surface area (Å²) in [5.41, 5.74) is 1.25. The maximum Gasteiger partial charge on any atom is 0.169 e. The van der Waals surface area contributed by atoms with Crippen molar-refractivity contribution in [2.45, 2.75) is 25.1 Å². The lowest BCUT2D eigenvalue weighted by molar-refractivity contribution is 0.252. The molecule has 1 aromatic rings. The molecule has 1 fully saturated rings. The van der Waals surface area contributed by atoms with E-state index >= 15 is 0 Å². The quantitative estimate of drug-likeness (QED) is 0.831. The molecule has 0 unspecified atom stereocenters. The van der Waals surface area contributed by atoms with Crippen molar-refractivity contribution in [1.82, 2.24) is 4.90 Å². The van der Waals surface area contributed by atoms with Gasteiger partial charge in [0.1, 0.15) is 0 Å². The maximum atomic E-state index is 5.24. The minimum absolute atomic E-state index is 0.388. The molecule has 1 saturated heterocycles. The molecule has 1 aliphatic heterocycles. The number of furan rings is 1. The first kappa shape index (κ1) is 11.6. The molecular weight excluding hydrogens is 274 g/mol. The number of thioether (sulfide) groups is 1. The lowest BCUT2D eigenvalue weighted by atomic mass is 10.1. The molecule has 2 heterocycles. The number of nitrogens with zero attached hydrogens (tertiary/aromatic N) is 1. The Balaban J connectivity index is 1.95. The van der Waals surface area contributed by atoms with E-state index in [1.807, 2.05) is 6.26 Å². The Morgan fingerprint density at radius 3 is 3.00 bits per heavy atom. The molecule has 0 aliphatic carbocycles. The van der Waals surface area contributed by atoms with Gasteiger partial charge in [-0.25, -0.2) is 0 Å². The monoisotopic (exact) mass is 289 g/mol. The van der Waals surface area contributed by atoms with Crippen LogP contribution in [-0.4, -0.2) is 28.5 Å². The van der Waals surface area contributed by atoms with Gasteiger partial charge in [0.2, 0.25) is 0 Å². The molecule has 0 bridgehead atoms. The van der Waals surface area contributed by atoms with Crippen molar-refractivity contribution in [2.24, 2.45) is 0 Å². The van der Waals surface area contributed by atoms with E-state index in [1.165, 1.54) is 17.9 Å². The van der Waals surface area contributed by atoms with Gasteiger partial charge in [-0.05, 0) is 35.8 Å². The average molecular weight is 290 g/mol. The van der Waals surface area contributed by atoms with Crippen LogP contribution in [0.5, 0.6) is 0 Å². The summed E-state index contributed by atoms with van der Waals surface area (Å²) in [7, 11) is 0. The molecular formula is C11H16BrNOS. The lowest BCUT2D eigenvalue weighted by Gasteiger charge is -2.37. The van der Waals surface area contributed by atoms with Crippen LogP contribution in [0.1, 0.15) is 19.4 Å². The standard InChI is InChI=1S/C11H16BrNOS/c1-11(2)8-13(3-4-15-11)6-9-5-10(12)14-7-9/h5,7H,3-4,6,8H2,1-2H3. The van der Waals surface area contributed by atoms with E-state index in [0.717, 1.165) is 17.8 Å². The minimum atomic E-state index is 0.388. The molecule has 2 nitrogen and oxygen atoms in total. The minimum Gasteiger partial charge on any atom is -0.457 e. The van der Waals surface area contributed by atoms with E-state index in [4.69, 9.17) is 4.42 Å². The Hall–Kier alpha value is 0.0700. The van der Waals surface area contributed by atoms with E-state index in [-0.39, 0.29) is 0 Å². The van der Waals surface area contributed by atoms with Crippen molar-refractivity contribution in [1.29, 1.82) is 0 Å². The zero-order valence-corrected chi connectivity index (χ0v) is 11.5. The first-order chi connectivity index (χ1) is 7.05. The van der Waals surface area contributed by atoms with Gasteiger partial charge in [0, 0.05) is 35.7 Å². The van der Waals surface area contributed by atoms with Crippen LogP contribution < -0.4 is 0 Å². The third-order valence-electron chi connectivity index (χ3n) is 2.53. The summed E-state index contributed by atoms with van der Waals surface area (Å²) in [4.78, 5) is 2.49. The van der Waals surface area contributed by atoms with E-state index < -0.39 is 0 Å². The van der Waals surface area contributed by atoms with Gasteiger partial charge in [0.25, 0.3) is 0 Å². The van der Waals surface area contributed by atoms with Crippen molar-refractivity contribution >= 4 is 27.7 Å². The molecule has 0 N–H and O–H groups in total. The highest BCUT2D eigenvalue weighted by molar-refractivity contribution is 9.10. The zero-order valence-electron chi connectivity index (χ0n) is 9.12. The van der Waals surface area contributed by atoms with Crippen LogP contribution in [0.15, 0.2) is 21.4 Å². The molecule has 0 spiro atoms. The van der Waals surface area contributed by atoms with Gasteiger partial charge in [-0.1, -0.05) is 0 Å². The number of hydrogen-bond donors (Lipinski definition) is 0. The molecule has 2 rings (SSSR count). The summed E-state index contributed by atoms with van der Waals surface area (Å²) in [6.45, 7) is 7.96. The van der Waals surface area contributed by atoms with Crippen LogP contribution in [0.2, 0.25) is 0 Å². The third kappa shape index (κ3) is 3.26. The van der Waals surface area contributed by atoms with Crippen LogP contribution in [-0.2, 0) is 6.54 Å². The van der Waals surface area contributed by atoms with Crippen molar-refractivity contribution in [3.05, 3.63) is 22.6 Å². The van der Waals surface area contributed by atoms with Gasteiger partial charge in [-0.2, -0.15) is 11.8 Å². The van der Waals surface area contributed by atoms with E-state index in [1.54, 1.807) is 0 Å². The predicted octanol–water partition coefficient (Wildman–Crippen LogP) is 3.37. The van der Waals surface area contributed by atoms with E-state index in [0.29, 0.717) is 4.75 Å². The number of hydrogen-bond acceptors (Lipinski definition) is 3. The van der Waals surface area contributed by atoms with Gasteiger partial charge >= 0.3 is 0 Å². The van der Waals surface area contributed by atoms with Gasteiger partial charge < -0.3 is 4.42 Å². The average Bonchev–Trinajstić information content (AvgIpc) is 2.49. The first-order valence-corrected chi connectivity index (χ1v) is 6.92. The summed E-state index contributed by atoms with van der Waals surface area (Å²) in [6.07, 6.45) is 1.83. The van der Waals surface area contributed by atoms with Crippen LogP contribution >= 0.6 is 27.7 Å². The summed E-state index contributed by atoms with van der Waals surface area (Å²) >= 11 is 5.40. The van der Waals surface area contributed by atoms with Crippen LogP contribution in [0, 0.1) is 0 Å². The molecule has 1 aromatic heterocycles. The number of halogens is 1. The second-order valence-electron chi connectivity index (χ2n) is 4.58. The highest BCUT2D eigenvalue weighted by Gasteiger charge is 2.26.